The van der Waals surface area contributed by atoms with E-state index >= 15 is 0 Å². The van der Waals surface area contributed by atoms with Crippen LogP contribution in [0.1, 0.15) is 39.5 Å². The number of pyridine rings is 1. The van der Waals surface area contributed by atoms with Gasteiger partial charge in [0.2, 0.25) is 0 Å². The number of rotatable bonds is 5. The fourth-order valence-corrected chi connectivity index (χ4v) is 2.63. The van der Waals surface area contributed by atoms with Gasteiger partial charge in [-0.2, -0.15) is 0 Å². The second kappa shape index (κ2) is 6.75. The van der Waals surface area contributed by atoms with Crippen molar-refractivity contribution >= 4 is 5.69 Å². The van der Waals surface area contributed by atoms with Crippen molar-refractivity contribution in [2.45, 2.75) is 58.2 Å². The van der Waals surface area contributed by atoms with E-state index in [9.17, 15) is 4.79 Å². The van der Waals surface area contributed by atoms with Crippen molar-refractivity contribution in [2.75, 3.05) is 11.9 Å². The van der Waals surface area contributed by atoms with Gasteiger partial charge >= 0.3 is 0 Å². The molecule has 4 heteroatoms. The molecule has 1 fully saturated rings. The first-order valence-electron chi connectivity index (χ1n) is 7.31. The van der Waals surface area contributed by atoms with Gasteiger partial charge in [-0.25, -0.2) is 0 Å². The van der Waals surface area contributed by atoms with Gasteiger partial charge in [-0.1, -0.05) is 13.3 Å². The molecule has 0 saturated carbocycles. The zero-order valence-electron chi connectivity index (χ0n) is 11.9. The van der Waals surface area contributed by atoms with Crippen molar-refractivity contribution in [3.63, 3.8) is 0 Å². The van der Waals surface area contributed by atoms with Crippen molar-refractivity contribution in [1.82, 2.24) is 4.57 Å². The van der Waals surface area contributed by atoms with Crippen LogP contribution in [0.5, 0.6) is 0 Å². The highest BCUT2D eigenvalue weighted by molar-refractivity contribution is 5.41. The third-order valence-electron chi connectivity index (χ3n) is 3.67. The maximum atomic E-state index is 11.5. The zero-order valence-corrected chi connectivity index (χ0v) is 11.9. The number of hydrogen-bond acceptors (Lipinski definition) is 3. The summed E-state index contributed by atoms with van der Waals surface area (Å²) in [5.74, 6) is 0. The van der Waals surface area contributed by atoms with Gasteiger partial charge in [-0.05, 0) is 32.3 Å². The number of hydrogen-bond donors (Lipinski definition) is 1. The molecule has 4 nitrogen and oxygen atoms in total. The number of nitrogens with one attached hydrogen (secondary N) is 1. The van der Waals surface area contributed by atoms with Crippen molar-refractivity contribution < 1.29 is 4.74 Å². The first-order chi connectivity index (χ1) is 9.22. The Balaban J connectivity index is 1.98. The summed E-state index contributed by atoms with van der Waals surface area (Å²) in [7, 11) is 0. The molecule has 1 aromatic heterocycles. The van der Waals surface area contributed by atoms with E-state index in [2.05, 4.69) is 12.2 Å². The summed E-state index contributed by atoms with van der Waals surface area (Å²) in [5.41, 5.74) is 1.09. The Morgan fingerprint density at radius 3 is 3.00 bits per heavy atom. The lowest BCUT2D eigenvalue weighted by Gasteiger charge is -2.30. The lowest BCUT2D eigenvalue weighted by atomic mass is 10.00. The summed E-state index contributed by atoms with van der Waals surface area (Å²) < 4.78 is 7.48. The van der Waals surface area contributed by atoms with Gasteiger partial charge < -0.3 is 14.6 Å². The molecule has 0 aliphatic carbocycles. The van der Waals surface area contributed by atoms with Crippen molar-refractivity contribution in [2.24, 2.45) is 0 Å². The molecule has 19 heavy (non-hydrogen) atoms. The second-order valence-corrected chi connectivity index (χ2v) is 5.19. The minimum absolute atomic E-state index is 0.0592. The smallest absolute Gasteiger partial charge is 0.250 e. The Morgan fingerprint density at radius 2 is 2.26 bits per heavy atom. The molecule has 2 rings (SSSR count). The number of aryl methyl sites for hydroxylation is 1. The number of ether oxygens (including phenoxy) is 1. The Bertz CT molecular complexity index is 454. The Kier molecular flexibility index (Phi) is 5.02. The van der Waals surface area contributed by atoms with Crippen molar-refractivity contribution in [3.05, 3.63) is 28.7 Å². The molecule has 1 N–H and O–H groups in total. The van der Waals surface area contributed by atoms with Gasteiger partial charge in [-0.15, -0.1) is 0 Å². The van der Waals surface area contributed by atoms with Crippen LogP contribution in [-0.4, -0.2) is 23.3 Å². The Hall–Kier alpha value is -1.29. The molecule has 1 aliphatic heterocycles. The summed E-state index contributed by atoms with van der Waals surface area (Å²) in [5, 5.41) is 3.53. The van der Waals surface area contributed by atoms with Crippen LogP contribution in [0, 0.1) is 0 Å². The maximum Gasteiger partial charge on any atom is 0.250 e. The summed E-state index contributed by atoms with van der Waals surface area (Å²) in [4.78, 5) is 11.5. The lowest BCUT2D eigenvalue weighted by Crippen LogP contribution is -2.34. The van der Waals surface area contributed by atoms with Crippen molar-refractivity contribution in [3.8, 4) is 0 Å². The second-order valence-electron chi connectivity index (χ2n) is 5.19. The molecule has 0 radical (unpaired) electrons. The summed E-state index contributed by atoms with van der Waals surface area (Å²) >= 11 is 0. The van der Waals surface area contributed by atoms with E-state index in [1.54, 1.807) is 10.6 Å². The minimum atomic E-state index is 0.0592. The van der Waals surface area contributed by atoms with E-state index in [0.29, 0.717) is 18.7 Å². The van der Waals surface area contributed by atoms with Crippen LogP contribution in [0.4, 0.5) is 5.69 Å². The summed E-state index contributed by atoms with van der Waals surface area (Å²) in [6, 6.07) is 3.96. The van der Waals surface area contributed by atoms with Crippen LogP contribution in [-0.2, 0) is 11.3 Å². The van der Waals surface area contributed by atoms with E-state index in [1.807, 2.05) is 19.2 Å². The predicted molar refractivity (Wildman–Crippen MR) is 77.7 cm³/mol. The van der Waals surface area contributed by atoms with Crippen LogP contribution >= 0.6 is 0 Å². The Labute approximate surface area is 114 Å². The quantitative estimate of drug-likeness (QED) is 0.889. The normalized spacial score (nSPS) is 23.3. The Morgan fingerprint density at radius 1 is 1.42 bits per heavy atom. The van der Waals surface area contributed by atoms with Gasteiger partial charge in [0.05, 0.1) is 11.8 Å². The fraction of sp³-hybridized carbons (Fsp3) is 0.667. The molecule has 0 spiro atoms. The topological polar surface area (TPSA) is 43.3 Å². The van der Waals surface area contributed by atoms with Gasteiger partial charge in [-0.3, -0.25) is 4.79 Å². The van der Waals surface area contributed by atoms with Gasteiger partial charge in [0.25, 0.3) is 5.56 Å². The average Bonchev–Trinajstić information content (AvgIpc) is 2.42. The molecule has 0 aromatic carbocycles. The van der Waals surface area contributed by atoms with E-state index in [0.717, 1.165) is 38.0 Å². The summed E-state index contributed by atoms with van der Waals surface area (Å²) in [6.45, 7) is 5.71. The minimum Gasteiger partial charge on any atom is -0.381 e. The highest BCUT2D eigenvalue weighted by atomic mass is 16.5. The largest absolute Gasteiger partial charge is 0.381 e. The van der Waals surface area contributed by atoms with Crippen LogP contribution in [0.15, 0.2) is 23.1 Å². The van der Waals surface area contributed by atoms with E-state index in [4.69, 9.17) is 4.74 Å². The molecule has 1 saturated heterocycles. The average molecular weight is 264 g/mol. The van der Waals surface area contributed by atoms with E-state index in [1.165, 1.54) is 0 Å². The molecule has 1 aromatic rings. The monoisotopic (exact) mass is 264 g/mol. The molecule has 2 atom stereocenters. The number of aromatic nitrogens is 1. The predicted octanol–water partition coefficient (Wildman–Crippen LogP) is 2.63. The molecule has 106 valence electrons. The molecule has 0 amide bonds. The lowest BCUT2D eigenvalue weighted by molar-refractivity contribution is 0.00597. The number of anilines is 1. The summed E-state index contributed by atoms with van der Waals surface area (Å²) in [6.07, 6.45) is 6.68. The standard InChI is InChI=1S/C15H24N2O2/c1-3-5-14-10-12(8-9-19-14)16-13-6-7-15(18)17(4-2)11-13/h6-7,11-12,14,16H,3-5,8-10H2,1-2H3. The van der Waals surface area contributed by atoms with Gasteiger partial charge in [0.15, 0.2) is 0 Å². The van der Waals surface area contributed by atoms with Crippen molar-refractivity contribution in [1.29, 1.82) is 0 Å². The van der Waals surface area contributed by atoms with Gasteiger partial charge in [0, 0.05) is 31.5 Å². The first kappa shape index (κ1) is 14.1. The zero-order chi connectivity index (χ0) is 13.7. The maximum absolute atomic E-state index is 11.5. The van der Waals surface area contributed by atoms with E-state index < -0.39 is 0 Å². The van der Waals surface area contributed by atoms with Gasteiger partial charge in [0.1, 0.15) is 0 Å². The highest BCUT2D eigenvalue weighted by Gasteiger charge is 2.21. The SMILES string of the molecule is CCCC1CC(Nc2ccc(=O)n(CC)c2)CCO1. The molecular formula is C15H24N2O2. The molecule has 2 heterocycles. The molecular weight excluding hydrogens is 240 g/mol. The molecule has 0 bridgehead atoms. The van der Waals surface area contributed by atoms with Crippen LogP contribution in [0.25, 0.3) is 0 Å². The fourth-order valence-electron chi connectivity index (χ4n) is 2.63. The third kappa shape index (κ3) is 3.83. The molecule has 1 aliphatic rings. The first-order valence-corrected chi connectivity index (χ1v) is 7.31. The van der Waals surface area contributed by atoms with Crippen LogP contribution < -0.4 is 10.9 Å². The third-order valence-corrected chi connectivity index (χ3v) is 3.67. The van der Waals surface area contributed by atoms with Crippen LogP contribution in [0.3, 0.4) is 0 Å². The van der Waals surface area contributed by atoms with Crippen LogP contribution in [0.2, 0.25) is 0 Å². The number of nitrogens with zero attached hydrogens (tertiary/aromatic N) is 1. The molecule has 2 unspecified atom stereocenters. The highest BCUT2D eigenvalue weighted by Crippen LogP contribution is 2.21. The van der Waals surface area contributed by atoms with E-state index in [-0.39, 0.29) is 5.56 Å².